The van der Waals surface area contributed by atoms with Crippen LogP contribution in [0.25, 0.3) is 5.53 Å². The molecule has 0 bridgehead atoms. The van der Waals surface area contributed by atoms with Crippen LogP contribution in [0.2, 0.25) is 0 Å². The first kappa shape index (κ1) is 11.1. The summed E-state index contributed by atoms with van der Waals surface area (Å²) < 4.78 is 8.48. The molecular weight excluding hydrogens is 176 g/mol. The predicted molar refractivity (Wildman–Crippen MR) is 41.8 cm³/mol. The van der Waals surface area contributed by atoms with Gasteiger partial charge in [-0.05, 0) is 0 Å². The van der Waals surface area contributed by atoms with E-state index in [0.717, 1.165) is 19.3 Å². The topological polar surface area (TPSA) is 89.0 Å². The summed E-state index contributed by atoms with van der Waals surface area (Å²) in [6.45, 7) is 0. The second-order valence-corrected chi connectivity index (χ2v) is 1.83. The van der Waals surface area contributed by atoms with E-state index in [1.54, 1.807) is 0 Å². The summed E-state index contributed by atoms with van der Waals surface area (Å²) in [5.74, 6) is -1.51. The van der Waals surface area contributed by atoms with Crippen molar-refractivity contribution in [3.63, 3.8) is 0 Å². The molecule has 0 saturated carbocycles. The third-order valence-electron chi connectivity index (χ3n) is 1.08. The number of carbonyl (C=O) groups excluding carboxylic acids is 2. The van der Waals surface area contributed by atoms with Crippen LogP contribution in [0.4, 0.5) is 0 Å². The Hall–Kier alpha value is -1.94. The fourth-order valence-corrected chi connectivity index (χ4v) is 0.462. The average molecular weight is 184 g/mol. The van der Waals surface area contributed by atoms with Gasteiger partial charge in [0.25, 0.3) is 0 Å². The number of methoxy groups -OCH3 is 2. The largest absolute Gasteiger partial charge is 0.466 e. The molecule has 6 nitrogen and oxygen atoms in total. The van der Waals surface area contributed by atoms with Gasteiger partial charge >= 0.3 is 17.7 Å². The van der Waals surface area contributed by atoms with Gasteiger partial charge in [0.15, 0.2) is 0 Å². The van der Waals surface area contributed by atoms with Crippen molar-refractivity contribution in [1.29, 1.82) is 0 Å². The van der Waals surface area contributed by atoms with E-state index in [9.17, 15) is 9.59 Å². The minimum absolute atomic E-state index is 0.382. The molecule has 0 heterocycles. The lowest BCUT2D eigenvalue weighted by Gasteiger charge is -1.88. The molecular formula is C7H8N2O4. The average Bonchev–Trinajstić information content (AvgIpc) is 2.17. The fourth-order valence-electron chi connectivity index (χ4n) is 0.462. The summed E-state index contributed by atoms with van der Waals surface area (Å²) in [4.78, 5) is 23.9. The van der Waals surface area contributed by atoms with Crippen LogP contribution >= 0.6 is 0 Å². The molecule has 0 aliphatic heterocycles. The number of esters is 2. The first-order valence-electron chi connectivity index (χ1n) is 3.22. The van der Waals surface area contributed by atoms with E-state index in [1.165, 1.54) is 7.11 Å². The van der Waals surface area contributed by atoms with Gasteiger partial charge in [0, 0.05) is 12.2 Å². The molecule has 0 amide bonds. The second-order valence-electron chi connectivity index (χ2n) is 1.83. The Morgan fingerprint density at radius 3 is 2.23 bits per heavy atom. The summed E-state index contributed by atoms with van der Waals surface area (Å²) in [6.07, 6.45) is 1.92. The summed E-state index contributed by atoms with van der Waals surface area (Å²) in [6, 6.07) is 0. The molecule has 70 valence electrons. The van der Waals surface area contributed by atoms with E-state index in [-0.39, 0.29) is 5.71 Å². The minimum Gasteiger partial charge on any atom is -0.466 e. The third-order valence-corrected chi connectivity index (χ3v) is 1.08. The smallest absolute Gasteiger partial charge is 0.421 e. The van der Waals surface area contributed by atoms with Crippen LogP contribution < -0.4 is 0 Å². The minimum atomic E-state index is -0.845. The summed E-state index contributed by atoms with van der Waals surface area (Å²) in [7, 11) is 2.31. The van der Waals surface area contributed by atoms with Gasteiger partial charge in [-0.1, -0.05) is 0 Å². The standard InChI is InChI=1S/C7H8N2O4/c1-12-6(10)4-3-5(9-8)7(11)13-2/h3-4H,1-2H3/b4-3-. The Kier molecular flexibility index (Phi) is 4.83. The fraction of sp³-hybridized carbons (Fsp3) is 0.286. The summed E-state index contributed by atoms with van der Waals surface area (Å²) >= 11 is 0. The van der Waals surface area contributed by atoms with E-state index in [0.29, 0.717) is 0 Å². The Morgan fingerprint density at radius 2 is 1.85 bits per heavy atom. The number of carbonyl (C=O) groups is 2. The summed E-state index contributed by atoms with van der Waals surface area (Å²) in [5, 5.41) is 0. The van der Waals surface area contributed by atoms with E-state index in [4.69, 9.17) is 5.53 Å². The molecule has 0 saturated heterocycles. The lowest BCUT2D eigenvalue weighted by molar-refractivity contribution is -0.137. The highest BCUT2D eigenvalue weighted by Gasteiger charge is 2.16. The van der Waals surface area contributed by atoms with Crippen molar-refractivity contribution < 1.29 is 23.9 Å². The van der Waals surface area contributed by atoms with Crippen LogP contribution in [0.15, 0.2) is 12.2 Å². The Morgan fingerprint density at radius 1 is 1.23 bits per heavy atom. The van der Waals surface area contributed by atoms with Crippen molar-refractivity contribution in [2.75, 3.05) is 14.2 Å². The van der Waals surface area contributed by atoms with Crippen molar-refractivity contribution in [3.05, 3.63) is 17.7 Å². The van der Waals surface area contributed by atoms with Gasteiger partial charge in [-0.15, -0.1) is 0 Å². The van der Waals surface area contributed by atoms with Gasteiger partial charge in [0.1, 0.15) is 0 Å². The number of hydrogen-bond donors (Lipinski definition) is 0. The highest BCUT2D eigenvalue weighted by atomic mass is 16.5. The molecule has 0 aromatic carbocycles. The zero-order chi connectivity index (χ0) is 10.3. The van der Waals surface area contributed by atoms with Crippen molar-refractivity contribution in [2.24, 2.45) is 0 Å². The predicted octanol–water partition coefficient (Wildman–Crippen LogP) is -0.441. The summed E-state index contributed by atoms with van der Waals surface area (Å²) in [5.41, 5.74) is 7.92. The van der Waals surface area contributed by atoms with E-state index in [2.05, 4.69) is 14.3 Å². The van der Waals surface area contributed by atoms with Crippen LogP contribution in [0.3, 0.4) is 0 Å². The normalized spacial score (nSPS) is 9.08. The van der Waals surface area contributed by atoms with Gasteiger partial charge in [0.2, 0.25) is 0 Å². The van der Waals surface area contributed by atoms with E-state index in [1.807, 2.05) is 0 Å². The molecule has 0 aromatic heterocycles. The van der Waals surface area contributed by atoms with Gasteiger partial charge in [-0.2, -0.15) is 4.79 Å². The molecule has 0 N–H and O–H groups in total. The first-order chi connectivity index (χ1) is 6.15. The molecule has 0 spiro atoms. The third kappa shape index (κ3) is 3.83. The van der Waals surface area contributed by atoms with Crippen LogP contribution in [0.5, 0.6) is 0 Å². The van der Waals surface area contributed by atoms with Gasteiger partial charge in [-0.3, -0.25) is 0 Å². The lowest BCUT2D eigenvalue weighted by atomic mass is 10.3. The maximum absolute atomic E-state index is 10.7. The Labute approximate surface area is 74.4 Å². The molecule has 6 heteroatoms. The SMILES string of the molecule is COC(=O)/C=C\C(=[N+]=[N-])C(=O)OC. The van der Waals surface area contributed by atoms with E-state index >= 15 is 0 Å². The van der Waals surface area contributed by atoms with E-state index < -0.39 is 11.9 Å². The lowest BCUT2D eigenvalue weighted by Crippen LogP contribution is -2.14. The number of rotatable bonds is 3. The molecule has 0 aliphatic rings. The molecule has 0 unspecified atom stereocenters. The second kappa shape index (κ2) is 5.68. The van der Waals surface area contributed by atoms with Gasteiger partial charge in [0.05, 0.1) is 14.2 Å². The number of nitrogens with zero attached hydrogens (tertiary/aromatic N) is 2. The van der Waals surface area contributed by atoms with Crippen LogP contribution in [-0.4, -0.2) is 36.7 Å². The van der Waals surface area contributed by atoms with Crippen molar-refractivity contribution in [3.8, 4) is 0 Å². The maximum atomic E-state index is 10.7. The monoisotopic (exact) mass is 184 g/mol. The quantitative estimate of drug-likeness (QED) is 0.195. The molecule has 0 aromatic rings. The van der Waals surface area contributed by atoms with Crippen LogP contribution in [0.1, 0.15) is 0 Å². The van der Waals surface area contributed by atoms with Gasteiger partial charge in [-0.25, -0.2) is 9.59 Å². The Bertz CT molecular complexity index is 289. The van der Waals surface area contributed by atoms with Crippen LogP contribution in [0, 0.1) is 0 Å². The molecule has 0 fully saturated rings. The molecule has 0 radical (unpaired) electrons. The van der Waals surface area contributed by atoms with Crippen molar-refractivity contribution >= 4 is 17.7 Å². The first-order valence-corrected chi connectivity index (χ1v) is 3.22. The van der Waals surface area contributed by atoms with Crippen LogP contribution in [-0.2, 0) is 19.1 Å². The highest BCUT2D eigenvalue weighted by Crippen LogP contribution is 1.83. The van der Waals surface area contributed by atoms with Crippen molar-refractivity contribution in [1.82, 2.24) is 0 Å². The molecule has 0 atom stereocenters. The number of ether oxygens (including phenoxy) is 2. The zero-order valence-electron chi connectivity index (χ0n) is 7.18. The molecule has 13 heavy (non-hydrogen) atoms. The van der Waals surface area contributed by atoms with Crippen molar-refractivity contribution in [2.45, 2.75) is 0 Å². The Balaban J connectivity index is 4.49. The molecule has 0 rings (SSSR count). The highest BCUT2D eigenvalue weighted by molar-refractivity contribution is 6.39. The zero-order valence-corrected chi connectivity index (χ0v) is 7.18. The number of hydrogen-bond acceptors (Lipinski definition) is 4. The van der Waals surface area contributed by atoms with Gasteiger partial charge < -0.3 is 15.0 Å². The maximum Gasteiger partial charge on any atom is 0.421 e. The molecule has 0 aliphatic carbocycles.